The molecule has 11 heteroatoms. The summed E-state index contributed by atoms with van der Waals surface area (Å²) >= 11 is 0. The molecule has 1 aromatic heterocycles. The van der Waals surface area contributed by atoms with Gasteiger partial charge in [0.05, 0.1) is 6.04 Å². The summed E-state index contributed by atoms with van der Waals surface area (Å²) in [6.07, 6.45) is 12.2. The third-order valence-corrected chi connectivity index (χ3v) is 8.17. The summed E-state index contributed by atoms with van der Waals surface area (Å²) in [6.45, 7) is 3.03. The molecule has 0 spiro atoms. The molecule has 45 heavy (non-hydrogen) atoms. The van der Waals surface area contributed by atoms with Crippen LogP contribution in [0.3, 0.4) is 0 Å². The Hall–Kier alpha value is -4.67. The number of aromatic nitrogens is 1. The number of benzene rings is 1. The minimum Gasteiger partial charge on any atom is -0.480 e. The van der Waals surface area contributed by atoms with Crippen LogP contribution in [0.5, 0.6) is 0 Å². The number of nitrogens with one attached hydrogen (secondary N) is 3. The number of carbonyl (C=O) groups is 4. The minimum absolute atomic E-state index is 0.0867. The van der Waals surface area contributed by atoms with Gasteiger partial charge in [-0.15, -0.1) is 0 Å². The number of amides is 3. The molecule has 0 bridgehead atoms. The van der Waals surface area contributed by atoms with Crippen LogP contribution in [0.4, 0.5) is 10.6 Å². The maximum atomic E-state index is 13.1. The molecule has 11 nitrogen and oxygen atoms in total. The van der Waals surface area contributed by atoms with Crippen LogP contribution in [0.1, 0.15) is 61.4 Å². The number of hydrogen-bond acceptors (Lipinski definition) is 7. The monoisotopic (exact) mass is 617 g/mol. The maximum absolute atomic E-state index is 13.1. The van der Waals surface area contributed by atoms with Crippen LogP contribution in [0.25, 0.3) is 0 Å². The number of carboxylic acids is 1. The third-order valence-electron chi connectivity index (χ3n) is 8.17. The van der Waals surface area contributed by atoms with E-state index in [2.05, 4.69) is 27.0 Å². The topological polar surface area (TPSA) is 150 Å². The third kappa shape index (κ3) is 10.2. The van der Waals surface area contributed by atoms with Gasteiger partial charge in [-0.25, -0.2) is 14.6 Å². The first-order valence-electron chi connectivity index (χ1n) is 15.6. The number of rotatable bonds is 15. The number of aliphatic carboxylic acids is 1. The lowest BCUT2D eigenvalue weighted by Gasteiger charge is -2.25. The number of hydrogen-bond donors (Lipinski definition) is 4. The van der Waals surface area contributed by atoms with Gasteiger partial charge < -0.3 is 30.7 Å². The molecule has 1 aromatic carbocycles. The van der Waals surface area contributed by atoms with E-state index in [-0.39, 0.29) is 43.5 Å². The smallest absolute Gasteiger partial charge is 0.410 e. The Labute approximate surface area is 264 Å². The summed E-state index contributed by atoms with van der Waals surface area (Å²) in [5, 5.41) is 18.1. The lowest BCUT2D eigenvalue weighted by Crippen LogP contribution is -2.48. The molecule has 3 atom stereocenters. The highest BCUT2D eigenvalue weighted by Crippen LogP contribution is 2.28. The summed E-state index contributed by atoms with van der Waals surface area (Å²) in [5.41, 5.74) is 2.32. The van der Waals surface area contributed by atoms with Gasteiger partial charge in [0, 0.05) is 37.8 Å². The second-order valence-electron chi connectivity index (χ2n) is 11.4. The zero-order valence-corrected chi connectivity index (χ0v) is 25.7. The van der Waals surface area contributed by atoms with Gasteiger partial charge in [0.2, 0.25) is 5.91 Å². The van der Waals surface area contributed by atoms with Crippen molar-refractivity contribution in [1.82, 2.24) is 20.5 Å². The first-order valence-corrected chi connectivity index (χ1v) is 15.6. The van der Waals surface area contributed by atoms with Crippen molar-refractivity contribution in [3.8, 4) is 0 Å². The Morgan fingerprint density at radius 2 is 1.96 bits per heavy atom. The van der Waals surface area contributed by atoms with Crippen molar-refractivity contribution in [3.05, 3.63) is 83.6 Å². The average molecular weight is 618 g/mol. The van der Waals surface area contributed by atoms with E-state index >= 15 is 0 Å². The molecule has 1 aliphatic carbocycles. The van der Waals surface area contributed by atoms with Gasteiger partial charge in [0.15, 0.2) is 0 Å². The molecule has 2 heterocycles. The number of nitrogens with zero attached hydrogens (tertiary/aromatic N) is 2. The molecule has 2 aliphatic rings. The van der Waals surface area contributed by atoms with Crippen LogP contribution in [-0.4, -0.2) is 77.2 Å². The van der Waals surface area contributed by atoms with Crippen LogP contribution in [0.15, 0.2) is 72.5 Å². The maximum Gasteiger partial charge on any atom is 0.410 e. The van der Waals surface area contributed by atoms with E-state index in [0.717, 1.165) is 42.6 Å². The first kappa shape index (κ1) is 33.2. The number of anilines is 1. The highest BCUT2D eigenvalue weighted by molar-refractivity contribution is 5.98. The number of carboxylic acid groups (broad SMARTS) is 1. The second kappa shape index (κ2) is 17.0. The van der Waals surface area contributed by atoms with E-state index in [9.17, 15) is 24.3 Å². The van der Waals surface area contributed by atoms with Crippen molar-refractivity contribution in [2.24, 2.45) is 5.92 Å². The Morgan fingerprint density at radius 3 is 2.69 bits per heavy atom. The molecule has 1 aliphatic heterocycles. The predicted octanol–water partition coefficient (Wildman–Crippen LogP) is 4.33. The molecule has 2 aromatic rings. The molecule has 3 amide bonds. The van der Waals surface area contributed by atoms with Crippen LogP contribution in [0.2, 0.25) is 0 Å². The fraction of sp³-hybridized carbons (Fsp3) is 0.441. The average Bonchev–Trinajstić information content (AvgIpc) is 3.48. The largest absolute Gasteiger partial charge is 0.480 e. The Morgan fingerprint density at radius 1 is 1.13 bits per heavy atom. The lowest BCUT2D eigenvalue weighted by atomic mass is 9.98. The molecule has 240 valence electrons. The SMILES string of the molecule is CCc1ccccc1C(=O)N[C@@H](CNC(=O)CCC[C@@H]1C[C@@H](CNc2ccccn2)N(C(=O)OCC2=CC=CCC2)C1)C(=O)O. The van der Waals surface area contributed by atoms with Gasteiger partial charge in [0.25, 0.3) is 5.91 Å². The molecule has 4 rings (SSSR count). The molecule has 0 radical (unpaired) electrons. The number of carbonyl (C=O) groups excluding carboxylic acids is 3. The first-order chi connectivity index (χ1) is 21.8. The zero-order chi connectivity index (χ0) is 32.0. The van der Waals surface area contributed by atoms with Crippen LogP contribution < -0.4 is 16.0 Å². The highest BCUT2D eigenvalue weighted by atomic mass is 16.6. The molecular weight excluding hydrogens is 574 g/mol. The molecule has 1 saturated heterocycles. The van der Waals surface area contributed by atoms with Crippen LogP contribution in [0, 0.1) is 5.92 Å². The number of allylic oxidation sites excluding steroid dienone is 3. The summed E-state index contributed by atoms with van der Waals surface area (Å²) in [4.78, 5) is 56.3. The minimum atomic E-state index is -1.26. The fourth-order valence-electron chi connectivity index (χ4n) is 5.68. The number of aryl methyl sites for hydroxylation is 1. The molecule has 4 N–H and O–H groups in total. The van der Waals surface area contributed by atoms with E-state index in [1.165, 1.54) is 0 Å². The molecule has 0 saturated carbocycles. The lowest BCUT2D eigenvalue weighted by molar-refractivity contribution is -0.139. The fourth-order valence-corrected chi connectivity index (χ4v) is 5.68. The molecule has 1 fully saturated rings. The number of pyridine rings is 1. The standard InChI is InChI=1S/C34H43N5O6/c1-2-26-14-6-7-15-28(26)32(41)38-29(33(42)43)21-37-31(40)17-10-13-25-19-27(20-36-30-16-8-9-18-35-30)39(22-25)34(44)45-23-24-11-4-3-5-12-24/h3-4,6-9,11,14-16,18,25,27,29H,2,5,10,12-13,17,19-23H2,1H3,(H,35,36)(H,37,40)(H,38,41)(H,42,43)/t25-,27+,29+/m1/s1. The van der Waals surface area contributed by atoms with Crippen molar-refractivity contribution in [2.45, 2.75) is 64.0 Å². The normalized spacial score (nSPS) is 18.1. The number of ether oxygens (including phenoxy) is 1. The van der Waals surface area contributed by atoms with Crippen LogP contribution in [-0.2, 0) is 20.7 Å². The van der Waals surface area contributed by atoms with E-state index in [4.69, 9.17) is 4.74 Å². The van der Waals surface area contributed by atoms with Gasteiger partial charge in [-0.2, -0.15) is 0 Å². The summed E-state index contributed by atoms with van der Waals surface area (Å²) in [7, 11) is 0. The van der Waals surface area contributed by atoms with Gasteiger partial charge in [-0.1, -0.05) is 49.4 Å². The van der Waals surface area contributed by atoms with Crippen LogP contribution >= 0.6 is 0 Å². The van der Waals surface area contributed by atoms with E-state index in [0.29, 0.717) is 31.5 Å². The van der Waals surface area contributed by atoms with Gasteiger partial charge in [-0.05, 0) is 73.8 Å². The summed E-state index contributed by atoms with van der Waals surface area (Å²) in [6, 6.07) is 11.3. The van der Waals surface area contributed by atoms with E-state index < -0.39 is 17.9 Å². The van der Waals surface area contributed by atoms with Crippen molar-refractivity contribution < 1.29 is 29.0 Å². The Balaban J connectivity index is 1.25. The Bertz CT molecular complexity index is 1380. The van der Waals surface area contributed by atoms with Gasteiger partial charge in [-0.3, -0.25) is 9.59 Å². The highest BCUT2D eigenvalue weighted by Gasteiger charge is 2.36. The quantitative estimate of drug-likeness (QED) is 0.231. The molecular formula is C34H43N5O6. The predicted molar refractivity (Wildman–Crippen MR) is 171 cm³/mol. The van der Waals surface area contributed by atoms with E-state index in [1.807, 2.05) is 49.4 Å². The van der Waals surface area contributed by atoms with E-state index in [1.54, 1.807) is 23.2 Å². The van der Waals surface area contributed by atoms with Crippen molar-refractivity contribution in [3.63, 3.8) is 0 Å². The summed E-state index contributed by atoms with van der Waals surface area (Å²) < 4.78 is 5.68. The zero-order valence-electron chi connectivity index (χ0n) is 25.7. The molecule has 0 unspecified atom stereocenters. The van der Waals surface area contributed by atoms with Gasteiger partial charge in [0.1, 0.15) is 18.5 Å². The second-order valence-corrected chi connectivity index (χ2v) is 11.4. The van der Waals surface area contributed by atoms with Gasteiger partial charge >= 0.3 is 12.1 Å². The Kier molecular flexibility index (Phi) is 12.5. The number of likely N-dealkylation sites (tertiary alicyclic amines) is 1. The van der Waals surface area contributed by atoms with Crippen molar-refractivity contribution in [1.29, 1.82) is 0 Å². The van der Waals surface area contributed by atoms with Crippen molar-refractivity contribution >= 4 is 29.7 Å². The van der Waals surface area contributed by atoms with Crippen molar-refractivity contribution in [2.75, 3.05) is 31.6 Å². The summed E-state index contributed by atoms with van der Waals surface area (Å²) in [5.74, 6) is -1.09.